The van der Waals surface area contributed by atoms with E-state index in [2.05, 4.69) is 9.97 Å². The summed E-state index contributed by atoms with van der Waals surface area (Å²) < 4.78 is 5.54. The Morgan fingerprint density at radius 3 is 2.56 bits per heavy atom. The Balaban J connectivity index is 2.22. The van der Waals surface area contributed by atoms with Crippen LogP contribution in [0.4, 0.5) is 0 Å². The summed E-state index contributed by atoms with van der Waals surface area (Å²) in [5.41, 5.74) is 0.764. The molecule has 5 nitrogen and oxygen atoms in total. The second-order valence-corrected chi connectivity index (χ2v) is 3.69. The molecule has 0 saturated carbocycles. The minimum atomic E-state index is -1.15. The quantitative estimate of drug-likeness (QED) is 0.893. The molecule has 1 aromatic carbocycles. The van der Waals surface area contributed by atoms with Crippen LogP contribution in [0.25, 0.3) is 0 Å². The maximum Gasteiger partial charge on any atom is 0.360 e. The molecule has 0 radical (unpaired) electrons. The van der Waals surface area contributed by atoms with Crippen molar-refractivity contribution in [1.29, 1.82) is 0 Å². The number of rotatable bonds is 4. The van der Waals surface area contributed by atoms with Crippen molar-refractivity contribution >= 4 is 5.97 Å². The molecule has 2 aromatic rings. The first kappa shape index (κ1) is 12.0. The van der Waals surface area contributed by atoms with Gasteiger partial charge in [-0.05, 0) is 12.5 Å². The maximum atomic E-state index is 11.0. The number of aromatic nitrogens is 2. The average molecular weight is 244 g/mol. The summed E-state index contributed by atoms with van der Waals surface area (Å²) in [7, 11) is 0. The molecule has 0 spiro atoms. The monoisotopic (exact) mass is 244 g/mol. The Hall–Kier alpha value is -2.43. The van der Waals surface area contributed by atoms with Gasteiger partial charge in [-0.2, -0.15) is 0 Å². The van der Waals surface area contributed by atoms with Crippen molar-refractivity contribution in [2.75, 3.05) is 0 Å². The molecular weight excluding hydrogens is 232 g/mol. The van der Waals surface area contributed by atoms with Gasteiger partial charge in [0.1, 0.15) is 6.10 Å². The summed E-state index contributed by atoms with van der Waals surface area (Å²) in [6, 6.07) is 9.50. The van der Waals surface area contributed by atoms with Gasteiger partial charge >= 0.3 is 5.97 Å². The lowest BCUT2D eigenvalue weighted by molar-refractivity contribution is 0.0680. The lowest BCUT2D eigenvalue weighted by Gasteiger charge is -2.14. The van der Waals surface area contributed by atoms with Gasteiger partial charge in [0, 0.05) is 12.4 Å². The first-order valence-electron chi connectivity index (χ1n) is 5.44. The fourth-order valence-corrected chi connectivity index (χ4v) is 1.52. The number of carboxylic acid groups (broad SMARTS) is 1. The molecule has 0 amide bonds. The molecule has 18 heavy (non-hydrogen) atoms. The summed E-state index contributed by atoms with van der Waals surface area (Å²) in [4.78, 5) is 18.6. The Labute approximate surface area is 104 Å². The number of hydrogen-bond donors (Lipinski definition) is 1. The second kappa shape index (κ2) is 5.27. The normalized spacial score (nSPS) is 11.8. The summed E-state index contributed by atoms with van der Waals surface area (Å²) in [5, 5.41) is 8.97. The molecule has 0 aliphatic carbocycles. The molecule has 1 unspecified atom stereocenters. The summed E-state index contributed by atoms with van der Waals surface area (Å²) in [5.74, 6) is -1.13. The summed E-state index contributed by atoms with van der Waals surface area (Å²) in [6.45, 7) is 1.83. The van der Waals surface area contributed by atoms with Crippen molar-refractivity contribution in [3.05, 3.63) is 54.0 Å². The number of nitrogens with zero attached hydrogens (tertiary/aromatic N) is 2. The third-order valence-electron chi connectivity index (χ3n) is 2.42. The van der Waals surface area contributed by atoms with E-state index in [1.54, 1.807) is 0 Å². The van der Waals surface area contributed by atoms with E-state index in [4.69, 9.17) is 9.84 Å². The lowest BCUT2D eigenvalue weighted by Crippen LogP contribution is -2.10. The van der Waals surface area contributed by atoms with Crippen LogP contribution in [0, 0.1) is 0 Å². The van der Waals surface area contributed by atoms with Gasteiger partial charge in [-0.25, -0.2) is 14.8 Å². The van der Waals surface area contributed by atoms with Gasteiger partial charge < -0.3 is 9.84 Å². The predicted octanol–water partition coefficient (Wildman–Crippen LogP) is 2.31. The van der Waals surface area contributed by atoms with Crippen molar-refractivity contribution in [1.82, 2.24) is 9.97 Å². The number of hydrogen-bond acceptors (Lipinski definition) is 4. The van der Waals surface area contributed by atoms with Crippen molar-refractivity contribution in [2.45, 2.75) is 13.0 Å². The van der Waals surface area contributed by atoms with E-state index >= 15 is 0 Å². The van der Waals surface area contributed by atoms with Crippen LogP contribution < -0.4 is 4.74 Å². The Kier molecular flexibility index (Phi) is 3.52. The van der Waals surface area contributed by atoms with E-state index in [0.29, 0.717) is 0 Å². The van der Waals surface area contributed by atoms with Gasteiger partial charge in [0.05, 0.1) is 0 Å². The molecule has 1 heterocycles. The molecule has 0 aliphatic rings. The Morgan fingerprint density at radius 1 is 1.22 bits per heavy atom. The van der Waals surface area contributed by atoms with E-state index < -0.39 is 5.97 Å². The molecule has 0 aliphatic heterocycles. The van der Waals surface area contributed by atoms with Crippen molar-refractivity contribution in [3.8, 4) is 5.88 Å². The van der Waals surface area contributed by atoms with Gasteiger partial charge in [0.2, 0.25) is 11.6 Å². The third kappa shape index (κ3) is 2.63. The van der Waals surface area contributed by atoms with E-state index in [0.717, 1.165) is 5.56 Å². The van der Waals surface area contributed by atoms with Crippen LogP contribution in [-0.4, -0.2) is 21.0 Å². The van der Waals surface area contributed by atoms with E-state index in [1.807, 2.05) is 37.3 Å². The lowest BCUT2D eigenvalue weighted by atomic mass is 10.1. The van der Waals surface area contributed by atoms with Crippen molar-refractivity contribution < 1.29 is 14.6 Å². The Morgan fingerprint density at radius 2 is 1.89 bits per heavy atom. The third-order valence-corrected chi connectivity index (χ3v) is 2.42. The highest BCUT2D eigenvalue weighted by atomic mass is 16.5. The van der Waals surface area contributed by atoms with E-state index in [1.165, 1.54) is 12.4 Å². The van der Waals surface area contributed by atoms with E-state index in [9.17, 15) is 4.79 Å². The molecule has 2 rings (SSSR count). The zero-order chi connectivity index (χ0) is 13.0. The van der Waals surface area contributed by atoms with Crippen molar-refractivity contribution in [2.24, 2.45) is 0 Å². The smallest absolute Gasteiger partial charge is 0.360 e. The van der Waals surface area contributed by atoms with Gasteiger partial charge in [-0.3, -0.25) is 0 Å². The zero-order valence-corrected chi connectivity index (χ0v) is 9.78. The number of benzene rings is 1. The number of aromatic carboxylic acids is 1. The van der Waals surface area contributed by atoms with Gasteiger partial charge in [0.15, 0.2) is 0 Å². The first-order chi connectivity index (χ1) is 8.68. The van der Waals surface area contributed by atoms with Crippen LogP contribution in [0.5, 0.6) is 5.88 Å². The maximum absolute atomic E-state index is 11.0. The fraction of sp³-hybridized carbons (Fsp3) is 0.154. The number of carboxylic acids is 1. The SMILES string of the molecule is CC(Oc1nccnc1C(=O)O)c1ccccc1. The van der Waals surface area contributed by atoms with Gasteiger partial charge in [-0.1, -0.05) is 30.3 Å². The molecule has 0 bridgehead atoms. The molecule has 1 atom stereocenters. The highest BCUT2D eigenvalue weighted by Gasteiger charge is 2.17. The Bertz CT molecular complexity index is 543. The van der Waals surface area contributed by atoms with E-state index in [-0.39, 0.29) is 17.7 Å². The van der Waals surface area contributed by atoms with Crippen LogP contribution in [0.3, 0.4) is 0 Å². The molecule has 5 heteroatoms. The highest BCUT2D eigenvalue weighted by Crippen LogP contribution is 2.21. The average Bonchev–Trinajstić information content (AvgIpc) is 2.40. The van der Waals surface area contributed by atoms with Crippen LogP contribution in [0.2, 0.25) is 0 Å². The van der Waals surface area contributed by atoms with Crippen LogP contribution in [0.15, 0.2) is 42.7 Å². The summed E-state index contributed by atoms with van der Waals surface area (Å²) in [6.07, 6.45) is 2.43. The molecule has 0 saturated heterocycles. The second-order valence-electron chi connectivity index (χ2n) is 3.69. The van der Waals surface area contributed by atoms with Gasteiger partial charge in [-0.15, -0.1) is 0 Å². The largest absolute Gasteiger partial charge is 0.476 e. The van der Waals surface area contributed by atoms with Crippen LogP contribution >= 0.6 is 0 Å². The predicted molar refractivity (Wildman–Crippen MR) is 64.5 cm³/mol. The summed E-state index contributed by atoms with van der Waals surface area (Å²) >= 11 is 0. The molecular formula is C13H12N2O3. The molecule has 0 fully saturated rings. The molecule has 1 N–H and O–H groups in total. The minimum Gasteiger partial charge on any atom is -0.476 e. The number of carbonyl (C=O) groups is 1. The van der Waals surface area contributed by atoms with Crippen LogP contribution in [0.1, 0.15) is 29.1 Å². The minimum absolute atomic E-state index is 0.0290. The highest BCUT2D eigenvalue weighted by molar-refractivity contribution is 5.87. The zero-order valence-electron chi connectivity index (χ0n) is 9.78. The first-order valence-corrected chi connectivity index (χ1v) is 5.44. The fourth-order valence-electron chi connectivity index (χ4n) is 1.52. The molecule has 1 aromatic heterocycles. The standard InChI is InChI=1S/C13H12N2O3/c1-9(10-5-3-2-4-6-10)18-12-11(13(16)17)14-7-8-15-12/h2-9H,1H3,(H,16,17). The van der Waals surface area contributed by atoms with Crippen LogP contribution in [-0.2, 0) is 0 Å². The number of ether oxygens (including phenoxy) is 1. The molecule has 92 valence electrons. The topological polar surface area (TPSA) is 72.3 Å². The van der Waals surface area contributed by atoms with Crippen molar-refractivity contribution in [3.63, 3.8) is 0 Å². The van der Waals surface area contributed by atoms with Gasteiger partial charge in [0.25, 0.3) is 0 Å².